The number of rotatable bonds is 17. The lowest BCUT2D eigenvalue weighted by molar-refractivity contribution is 0.0448. The fourth-order valence-corrected chi connectivity index (χ4v) is 2.29. The van der Waals surface area contributed by atoms with Gasteiger partial charge in [-0.1, -0.05) is 78.1 Å². The number of unbranched alkanes of at least 4 members (excludes halogenated alkanes) is 10. The van der Waals surface area contributed by atoms with Gasteiger partial charge in [-0.3, -0.25) is 0 Å². The highest BCUT2D eigenvalue weighted by atomic mass is 16.5. The number of hydrogen-bond acceptors (Lipinski definition) is 2. The summed E-state index contributed by atoms with van der Waals surface area (Å²) in [5.41, 5.74) is 0. The molecule has 0 spiro atoms. The monoisotopic (exact) mass is 286 g/mol. The molecule has 0 unspecified atom stereocenters. The first-order valence-corrected chi connectivity index (χ1v) is 9.07. The van der Waals surface area contributed by atoms with Crippen LogP contribution in [0.4, 0.5) is 0 Å². The molecule has 0 amide bonds. The summed E-state index contributed by atoms with van der Waals surface area (Å²) in [4.78, 5) is 0. The molecule has 0 atom stereocenters. The van der Waals surface area contributed by atoms with Crippen LogP contribution in [0.2, 0.25) is 0 Å². The minimum Gasteiger partial charge on any atom is -0.379 e. The van der Waals surface area contributed by atoms with Crippen LogP contribution in [0.5, 0.6) is 0 Å². The zero-order valence-corrected chi connectivity index (χ0v) is 14.1. The Labute approximate surface area is 127 Å². The van der Waals surface area contributed by atoms with Gasteiger partial charge < -0.3 is 9.47 Å². The highest BCUT2D eigenvalue weighted by Gasteiger charge is 1.93. The minimum atomic E-state index is 0.769. The van der Waals surface area contributed by atoms with Crippen LogP contribution in [-0.2, 0) is 9.47 Å². The second-order valence-electron chi connectivity index (χ2n) is 5.76. The second-order valence-corrected chi connectivity index (χ2v) is 5.76. The molecule has 0 radical (unpaired) electrons. The van der Waals surface area contributed by atoms with Crippen molar-refractivity contribution < 1.29 is 9.47 Å². The quantitative estimate of drug-likeness (QED) is 0.317. The predicted octanol–water partition coefficient (Wildman–Crippen LogP) is 5.74. The van der Waals surface area contributed by atoms with Gasteiger partial charge in [0.25, 0.3) is 0 Å². The molecule has 0 bridgehead atoms. The van der Waals surface area contributed by atoms with E-state index in [0.29, 0.717) is 0 Å². The number of ether oxygens (including phenoxy) is 2. The summed E-state index contributed by atoms with van der Waals surface area (Å²) >= 11 is 0. The van der Waals surface area contributed by atoms with E-state index in [0.717, 1.165) is 26.4 Å². The molecule has 0 saturated carbocycles. The standard InChI is InChI=1S/C18H38O2/c1-3-5-7-9-11-13-15-19-17-18-20-16-14-12-10-8-6-4-2/h3-18H2,1-2H3. The summed E-state index contributed by atoms with van der Waals surface area (Å²) in [7, 11) is 0. The molecule has 0 aromatic carbocycles. The maximum atomic E-state index is 5.57. The van der Waals surface area contributed by atoms with Gasteiger partial charge in [0.2, 0.25) is 0 Å². The van der Waals surface area contributed by atoms with Gasteiger partial charge in [-0.05, 0) is 12.8 Å². The molecule has 0 aromatic rings. The molecule has 0 rings (SSSR count). The summed E-state index contributed by atoms with van der Waals surface area (Å²) in [6, 6.07) is 0. The van der Waals surface area contributed by atoms with Crippen molar-refractivity contribution in [3.05, 3.63) is 0 Å². The molecule has 2 nitrogen and oxygen atoms in total. The van der Waals surface area contributed by atoms with Gasteiger partial charge >= 0.3 is 0 Å². The van der Waals surface area contributed by atoms with Gasteiger partial charge in [-0.25, -0.2) is 0 Å². The van der Waals surface area contributed by atoms with Crippen LogP contribution in [-0.4, -0.2) is 26.4 Å². The molecule has 0 aromatic heterocycles. The summed E-state index contributed by atoms with van der Waals surface area (Å²) in [5.74, 6) is 0. The normalized spacial score (nSPS) is 11.1. The molecule has 0 N–H and O–H groups in total. The third kappa shape index (κ3) is 17.9. The van der Waals surface area contributed by atoms with Crippen molar-refractivity contribution in [2.45, 2.75) is 90.9 Å². The summed E-state index contributed by atoms with van der Waals surface area (Å²) in [6.45, 7) is 7.87. The fraction of sp³-hybridized carbons (Fsp3) is 1.00. The Kier molecular flexibility index (Phi) is 18.8. The molecular weight excluding hydrogens is 248 g/mol. The van der Waals surface area contributed by atoms with Crippen LogP contribution in [0.15, 0.2) is 0 Å². The molecule has 20 heavy (non-hydrogen) atoms. The van der Waals surface area contributed by atoms with Crippen molar-refractivity contribution in [2.75, 3.05) is 26.4 Å². The van der Waals surface area contributed by atoms with Gasteiger partial charge in [-0.2, -0.15) is 0 Å². The van der Waals surface area contributed by atoms with Crippen molar-refractivity contribution in [2.24, 2.45) is 0 Å². The van der Waals surface area contributed by atoms with Crippen LogP contribution in [0.1, 0.15) is 90.9 Å². The van der Waals surface area contributed by atoms with Crippen LogP contribution < -0.4 is 0 Å². The summed E-state index contributed by atoms with van der Waals surface area (Å²) in [6.07, 6.45) is 16.0. The van der Waals surface area contributed by atoms with E-state index in [9.17, 15) is 0 Å². The first kappa shape index (κ1) is 19.9. The zero-order valence-electron chi connectivity index (χ0n) is 14.1. The third-order valence-corrected chi connectivity index (χ3v) is 3.66. The highest BCUT2D eigenvalue weighted by Crippen LogP contribution is 2.05. The van der Waals surface area contributed by atoms with E-state index in [1.807, 2.05) is 0 Å². The van der Waals surface area contributed by atoms with Crippen molar-refractivity contribution in [1.82, 2.24) is 0 Å². The maximum Gasteiger partial charge on any atom is 0.0700 e. The SMILES string of the molecule is CCCCCCCCOCCOCCCCCCCC. The van der Waals surface area contributed by atoms with E-state index < -0.39 is 0 Å². The lowest BCUT2D eigenvalue weighted by Crippen LogP contribution is -2.06. The first-order valence-electron chi connectivity index (χ1n) is 9.07. The molecule has 0 heterocycles. The predicted molar refractivity (Wildman–Crippen MR) is 88.4 cm³/mol. The van der Waals surface area contributed by atoms with Gasteiger partial charge in [-0.15, -0.1) is 0 Å². The van der Waals surface area contributed by atoms with Gasteiger partial charge in [0.15, 0.2) is 0 Å². The summed E-state index contributed by atoms with van der Waals surface area (Å²) < 4.78 is 11.1. The van der Waals surface area contributed by atoms with Crippen molar-refractivity contribution in [3.8, 4) is 0 Å². The summed E-state index contributed by atoms with van der Waals surface area (Å²) in [5, 5.41) is 0. The van der Waals surface area contributed by atoms with Crippen molar-refractivity contribution >= 4 is 0 Å². The molecule has 0 saturated heterocycles. The lowest BCUT2D eigenvalue weighted by atomic mass is 10.1. The van der Waals surface area contributed by atoms with E-state index in [1.54, 1.807) is 0 Å². The average molecular weight is 286 g/mol. The van der Waals surface area contributed by atoms with Crippen molar-refractivity contribution in [1.29, 1.82) is 0 Å². The largest absolute Gasteiger partial charge is 0.379 e. The average Bonchev–Trinajstić information content (AvgIpc) is 2.47. The zero-order chi connectivity index (χ0) is 14.7. The first-order chi connectivity index (χ1) is 9.91. The molecule has 122 valence electrons. The highest BCUT2D eigenvalue weighted by molar-refractivity contribution is 4.45. The second kappa shape index (κ2) is 18.9. The molecule has 0 aliphatic carbocycles. The van der Waals surface area contributed by atoms with E-state index in [2.05, 4.69) is 13.8 Å². The molecule has 0 aliphatic heterocycles. The molecule has 0 fully saturated rings. The Balaban J connectivity index is 2.89. The third-order valence-electron chi connectivity index (χ3n) is 3.66. The van der Waals surface area contributed by atoms with Crippen molar-refractivity contribution in [3.63, 3.8) is 0 Å². The van der Waals surface area contributed by atoms with E-state index in [-0.39, 0.29) is 0 Å². The Morgan fingerprint density at radius 1 is 0.400 bits per heavy atom. The van der Waals surface area contributed by atoms with Gasteiger partial charge in [0, 0.05) is 13.2 Å². The Hall–Kier alpha value is -0.0800. The van der Waals surface area contributed by atoms with Crippen LogP contribution >= 0.6 is 0 Å². The van der Waals surface area contributed by atoms with Crippen LogP contribution in [0.3, 0.4) is 0 Å². The van der Waals surface area contributed by atoms with Gasteiger partial charge in [0.1, 0.15) is 0 Å². The molecular formula is C18H38O2. The lowest BCUT2D eigenvalue weighted by Gasteiger charge is -2.06. The van der Waals surface area contributed by atoms with E-state index in [1.165, 1.54) is 77.0 Å². The molecule has 0 aliphatic rings. The minimum absolute atomic E-state index is 0.769. The van der Waals surface area contributed by atoms with Crippen LogP contribution in [0.25, 0.3) is 0 Å². The topological polar surface area (TPSA) is 18.5 Å². The smallest absolute Gasteiger partial charge is 0.0700 e. The van der Waals surface area contributed by atoms with E-state index in [4.69, 9.17) is 9.47 Å². The molecule has 2 heteroatoms. The van der Waals surface area contributed by atoms with Crippen LogP contribution in [0, 0.1) is 0 Å². The number of hydrogen-bond donors (Lipinski definition) is 0. The van der Waals surface area contributed by atoms with E-state index >= 15 is 0 Å². The fourth-order valence-electron chi connectivity index (χ4n) is 2.29. The maximum absolute atomic E-state index is 5.57. The van der Waals surface area contributed by atoms with Gasteiger partial charge in [0.05, 0.1) is 13.2 Å². The Bertz CT molecular complexity index is 141. The Morgan fingerprint density at radius 2 is 0.750 bits per heavy atom. The Morgan fingerprint density at radius 3 is 1.15 bits per heavy atom.